The average Bonchev–Trinajstić information content (AvgIpc) is 2.40. The molecule has 1 aromatic rings. The monoisotopic (exact) mass is 353 g/mol. The number of ether oxygens (including phenoxy) is 1. The van der Waals surface area contributed by atoms with E-state index in [-0.39, 0.29) is 34.7 Å². The van der Waals surface area contributed by atoms with Crippen molar-refractivity contribution >= 4 is 46.7 Å². The molecule has 2 N–H and O–H groups in total. The molecule has 0 saturated carbocycles. The highest BCUT2D eigenvalue weighted by Gasteiger charge is 2.09. The average molecular weight is 355 g/mol. The van der Waals surface area contributed by atoms with Gasteiger partial charge in [0.25, 0.3) is 5.91 Å². The van der Waals surface area contributed by atoms with E-state index >= 15 is 0 Å². The molecule has 0 radical (unpaired) electrons. The zero-order chi connectivity index (χ0) is 15.8. The Morgan fingerprint density at radius 2 is 1.76 bits per heavy atom. The van der Waals surface area contributed by atoms with Crippen LogP contribution in [-0.4, -0.2) is 30.1 Å². The third-order valence-corrected chi connectivity index (χ3v) is 3.49. The summed E-state index contributed by atoms with van der Waals surface area (Å²) in [6.07, 6.45) is 1.19. The number of hydrogen-bond acceptors (Lipinski definition) is 3. The quantitative estimate of drug-likeness (QED) is 0.554. The minimum Gasteiger partial charge on any atom is -0.482 e. The highest BCUT2D eigenvalue weighted by molar-refractivity contribution is 6.43. The smallest absolute Gasteiger partial charge is 0.303 e. The number of rotatable bonds is 8. The van der Waals surface area contributed by atoms with E-state index in [1.54, 1.807) is 0 Å². The van der Waals surface area contributed by atoms with Gasteiger partial charge in [-0.2, -0.15) is 0 Å². The van der Waals surface area contributed by atoms with Crippen LogP contribution in [-0.2, 0) is 9.59 Å². The number of carbonyl (C=O) groups is 2. The first-order valence-electron chi connectivity index (χ1n) is 6.16. The zero-order valence-corrected chi connectivity index (χ0v) is 13.3. The van der Waals surface area contributed by atoms with Crippen LogP contribution >= 0.6 is 34.8 Å². The molecular formula is C13H14Cl3NO4. The van der Waals surface area contributed by atoms with Gasteiger partial charge in [-0.05, 0) is 18.9 Å². The predicted octanol–water partition coefficient (Wildman–Crippen LogP) is 3.40. The van der Waals surface area contributed by atoms with Crippen LogP contribution in [0.1, 0.15) is 19.3 Å². The standard InChI is InChI=1S/C13H14Cl3NO4/c14-8-5-10(16)11(6-9(8)15)21-7-12(18)17-4-2-1-3-13(19)20/h5-6H,1-4,7H2,(H,17,18)(H,19,20). The molecule has 0 unspecified atom stereocenters. The second kappa shape index (κ2) is 8.97. The highest BCUT2D eigenvalue weighted by atomic mass is 35.5. The first kappa shape index (κ1) is 17.9. The van der Waals surface area contributed by atoms with Gasteiger partial charge in [-0.25, -0.2) is 0 Å². The number of amides is 1. The maximum Gasteiger partial charge on any atom is 0.303 e. The molecule has 116 valence electrons. The molecule has 0 atom stereocenters. The molecule has 21 heavy (non-hydrogen) atoms. The van der Waals surface area contributed by atoms with Gasteiger partial charge in [0.05, 0.1) is 15.1 Å². The molecule has 0 heterocycles. The summed E-state index contributed by atoms with van der Waals surface area (Å²) < 4.78 is 5.25. The van der Waals surface area contributed by atoms with Gasteiger partial charge in [0.15, 0.2) is 6.61 Å². The third kappa shape index (κ3) is 6.89. The van der Waals surface area contributed by atoms with Crippen molar-refractivity contribution in [1.29, 1.82) is 0 Å². The summed E-state index contributed by atoms with van der Waals surface area (Å²) in [5.74, 6) is -0.904. The Balaban J connectivity index is 2.30. The number of carboxylic acid groups (broad SMARTS) is 1. The summed E-state index contributed by atoms with van der Waals surface area (Å²) in [6.45, 7) is 0.182. The lowest BCUT2D eigenvalue weighted by Crippen LogP contribution is -2.29. The molecule has 8 heteroatoms. The van der Waals surface area contributed by atoms with Gasteiger partial charge in [0.1, 0.15) is 5.75 Å². The maximum atomic E-state index is 11.5. The summed E-state index contributed by atoms with van der Waals surface area (Å²) in [6, 6.07) is 2.87. The number of benzene rings is 1. The Labute approximate surface area is 137 Å². The third-order valence-electron chi connectivity index (χ3n) is 2.47. The number of nitrogens with one attached hydrogen (secondary N) is 1. The van der Waals surface area contributed by atoms with Gasteiger partial charge in [0, 0.05) is 19.0 Å². The van der Waals surface area contributed by atoms with Crippen molar-refractivity contribution < 1.29 is 19.4 Å². The Morgan fingerprint density at radius 1 is 1.10 bits per heavy atom. The van der Waals surface area contributed by atoms with Crippen LogP contribution < -0.4 is 10.1 Å². The van der Waals surface area contributed by atoms with Crippen LogP contribution in [0.25, 0.3) is 0 Å². The van der Waals surface area contributed by atoms with Gasteiger partial charge < -0.3 is 15.2 Å². The van der Waals surface area contributed by atoms with Crippen LogP contribution in [0.4, 0.5) is 0 Å². The second-order valence-electron chi connectivity index (χ2n) is 4.19. The molecule has 0 saturated heterocycles. The first-order chi connectivity index (χ1) is 9.90. The molecule has 0 bridgehead atoms. The van der Waals surface area contributed by atoms with Crippen molar-refractivity contribution in [3.05, 3.63) is 27.2 Å². The Bertz CT molecular complexity index is 522. The molecule has 1 amide bonds. The topological polar surface area (TPSA) is 75.6 Å². The largest absolute Gasteiger partial charge is 0.482 e. The number of carboxylic acids is 1. The van der Waals surface area contributed by atoms with Gasteiger partial charge in [-0.1, -0.05) is 34.8 Å². The number of carbonyl (C=O) groups excluding carboxylic acids is 1. The normalized spacial score (nSPS) is 10.2. The van der Waals surface area contributed by atoms with Crippen LogP contribution in [0.15, 0.2) is 12.1 Å². The molecular weight excluding hydrogens is 341 g/mol. The molecule has 1 aromatic carbocycles. The van der Waals surface area contributed by atoms with E-state index in [0.29, 0.717) is 24.4 Å². The first-order valence-corrected chi connectivity index (χ1v) is 7.29. The number of unbranched alkanes of at least 4 members (excludes halogenated alkanes) is 1. The molecule has 0 spiro atoms. The van der Waals surface area contributed by atoms with Crippen LogP contribution in [0.2, 0.25) is 15.1 Å². The van der Waals surface area contributed by atoms with E-state index < -0.39 is 5.97 Å². The van der Waals surface area contributed by atoms with Crippen LogP contribution in [0.3, 0.4) is 0 Å². The fourth-order valence-corrected chi connectivity index (χ4v) is 2.03. The maximum absolute atomic E-state index is 11.5. The Morgan fingerprint density at radius 3 is 2.43 bits per heavy atom. The molecule has 0 aliphatic carbocycles. The highest BCUT2D eigenvalue weighted by Crippen LogP contribution is 2.33. The van der Waals surface area contributed by atoms with E-state index in [9.17, 15) is 9.59 Å². The molecule has 0 aliphatic heterocycles. The van der Waals surface area contributed by atoms with E-state index in [4.69, 9.17) is 44.6 Å². The molecule has 1 rings (SSSR count). The summed E-state index contributed by atoms with van der Waals surface area (Å²) in [4.78, 5) is 21.8. The predicted molar refractivity (Wildman–Crippen MR) is 81.5 cm³/mol. The van der Waals surface area contributed by atoms with Crippen molar-refractivity contribution in [2.75, 3.05) is 13.2 Å². The Hall–Kier alpha value is -1.17. The summed E-state index contributed by atoms with van der Waals surface area (Å²) in [5.41, 5.74) is 0. The van der Waals surface area contributed by atoms with Gasteiger partial charge >= 0.3 is 5.97 Å². The second-order valence-corrected chi connectivity index (χ2v) is 5.41. The van der Waals surface area contributed by atoms with Crippen molar-refractivity contribution in [2.24, 2.45) is 0 Å². The molecule has 0 fully saturated rings. The minimum atomic E-state index is -0.848. The summed E-state index contributed by atoms with van der Waals surface area (Å²) in [7, 11) is 0. The van der Waals surface area contributed by atoms with Crippen LogP contribution in [0, 0.1) is 0 Å². The van der Waals surface area contributed by atoms with Gasteiger partial charge in [-0.3, -0.25) is 9.59 Å². The van der Waals surface area contributed by atoms with E-state index in [1.807, 2.05) is 0 Å². The number of hydrogen-bond donors (Lipinski definition) is 2. The lowest BCUT2D eigenvalue weighted by atomic mass is 10.2. The van der Waals surface area contributed by atoms with E-state index in [0.717, 1.165) is 0 Å². The lowest BCUT2D eigenvalue weighted by molar-refractivity contribution is -0.137. The van der Waals surface area contributed by atoms with Crippen LogP contribution in [0.5, 0.6) is 5.75 Å². The zero-order valence-electron chi connectivity index (χ0n) is 11.0. The molecule has 0 aliphatic rings. The summed E-state index contributed by atoms with van der Waals surface area (Å²) in [5, 5.41) is 11.9. The van der Waals surface area contributed by atoms with E-state index in [1.165, 1.54) is 12.1 Å². The van der Waals surface area contributed by atoms with Crippen molar-refractivity contribution in [2.45, 2.75) is 19.3 Å². The van der Waals surface area contributed by atoms with Crippen molar-refractivity contribution in [3.63, 3.8) is 0 Å². The summed E-state index contributed by atoms with van der Waals surface area (Å²) >= 11 is 17.5. The molecule has 5 nitrogen and oxygen atoms in total. The van der Waals surface area contributed by atoms with Crippen molar-refractivity contribution in [1.82, 2.24) is 5.32 Å². The van der Waals surface area contributed by atoms with Crippen molar-refractivity contribution in [3.8, 4) is 5.75 Å². The van der Waals surface area contributed by atoms with E-state index in [2.05, 4.69) is 5.32 Å². The fraction of sp³-hybridized carbons (Fsp3) is 0.385. The SMILES string of the molecule is O=C(O)CCCCNC(=O)COc1cc(Cl)c(Cl)cc1Cl. The van der Waals surface area contributed by atoms with Gasteiger partial charge in [-0.15, -0.1) is 0 Å². The lowest BCUT2D eigenvalue weighted by Gasteiger charge is -2.09. The number of aliphatic carboxylic acids is 1. The Kier molecular flexibility index (Phi) is 7.64. The minimum absolute atomic E-state index is 0.0885. The van der Waals surface area contributed by atoms with Gasteiger partial charge in [0.2, 0.25) is 0 Å². The molecule has 0 aromatic heterocycles. The number of halogens is 3. The fourth-order valence-electron chi connectivity index (χ4n) is 1.44.